The van der Waals surface area contributed by atoms with E-state index in [0.717, 1.165) is 36.3 Å². The number of anilines is 2. The maximum atomic E-state index is 12.0. The Morgan fingerprint density at radius 1 is 1.25 bits per heavy atom. The van der Waals surface area contributed by atoms with Gasteiger partial charge in [-0.2, -0.15) is 0 Å². The molecule has 0 saturated carbocycles. The highest BCUT2D eigenvalue weighted by atomic mass is 16.2. The van der Waals surface area contributed by atoms with Crippen LogP contribution in [0.25, 0.3) is 0 Å². The number of hydrogen-bond donors (Lipinski definition) is 1. The number of fused-ring (bicyclic) bond motifs is 1. The van der Waals surface area contributed by atoms with Crippen LogP contribution in [0.3, 0.4) is 0 Å². The van der Waals surface area contributed by atoms with E-state index >= 15 is 0 Å². The summed E-state index contributed by atoms with van der Waals surface area (Å²) in [4.78, 5) is 25.4. The Hall–Kier alpha value is -1.84. The second kappa shape index (κ2) is 5.27. The number of hydrogen-bond acceptors (Lipinski definition) is 2. The molecule has 1 aliphatic rings. The van der Waals surface area contributed by atoms with Gasteiger partial charge in [-0.3, -0.25) is 9.59 Å². The van der Waals surface area contributed by atoms with Crippen LogP contribution in [0.4, 0.5) is 11.4 Å². The Labute approximate surface area is 120 Å². The molecule has 0 atom stereocenters. The summed E-state index contributed by atoms with van der Waals surface area (Å²) >= 11 is 0. The number of benzene rings is 1. The number of carbonyl (C=O) groups is 2. The number of carbonyl (C=O) groups excluding carboxylic acids is 2. The Bertz CT molecular complexity index is 544. The fourth-order valence-electron chi connectivity index (χ4n) is 2.32. The van der Waals surface area contributed by atoms with Gasteiger partial charge in [0.2, 0.25) is 11.8 Å². The summed E-state index contributed by atoms with van der Waals surface area (Å²) in [6.45, 7) is 8.02. The first-order chi connectivity index (χ1) is 9.29. The molecule has 1 N–H and O–H groups in total. The van der Waals surface area contributed by atoms with Gasteiger partial charge in [-0.05, 0) is 36.6 Å². The summed E-state index contributed by atoms with van der Waals surface area (Å²) in [6.07, 6.45) is 1.90. The van der Waals surface area contributed by atoms with Gasteiger partial charge in [0, 0.05) is 30.3 Å². The van der Waals surface area contributed by atoms with E-state index < -0.39 is 5.41 Å². The third-order valence-electron chi connectivity index (χ3n) is 3.52. The third-order valence-corrected chi connectivity index (χ3v) is 3.52. The highest BCUT2D eigenvalue weighted by Gasteiger charge is 2.23. The van der Waals surface area contributed by atoms with Crippen LogP contribution in [0.15, 0.2) is 18.2 Å². The van der Waals surface area contributed by atoms with E-state index in [1.807, 2.05) is 39.0 Å². The van der Waals surface area contributed by atoms with Gasteiger partial charge in [-0.15, -0.1) is 0 Å². The molecule has 4 heteroatoms. The van der Waals surface area contributed by atoms with E-state index in [2.05, 4.69) is 5.32 Å². The van der Waals surface area contributed by atoms with Crippen molar-refractivity contribution in [2.75, 3.05) is 16.8 Å². The Kier molecular flexibility index (Phi) is 3.84. The first-order valence-corrected chi connectivity index (χ1v) is 7.01. The van der Waals surface area contributed by atoms with Gasteiger partial charge in [0.05, 0.1) is 0 Å². The standard InChI is InChI=1S/C16H22N2O2/c1-11(19)18-9-5-6-12-10-13(7-8-14(12)18)17-15(20)16(2,3)4/h7-8,10H,5-6,9H2,1-4H3,(H,17,20). The molecule has 0 fully saturated rings. The van der Waals surface area contributed by atoms with Gasteiger partial charge in [0.15, 0.2) is 0 Å². The molecule has 1 aliphatic heterocycles. The molecule has 108 valence electrons. The SMILES string of the molecule is CC(=O)N1CCCc2cc(NC(=O)C(C)(C)C)ccc21. The van der Waals surface area contributed by atoms with Crippen LogP contribution in [0.2, 0.25) is 0 Å². The van der Waals surface area contributed by atoms with Crippen LogP contribution in [-0.4, -0.2) is 18.4 Å². The minimum atomic E-state index is -0.415. The summed E-state index contributed by atoms with van der Waals surface area (Å²) in [5, 5.41) is 2.93. The molecule has 1 aromatic rings. The average molecular weight is 274 g/mol. The maximum absolute atomic E-state index is 12.0. The molecule has 0 unspecified atom stereocenters. The molecule has 0 radical (unpaired) electrons. The van der Waals surface area contributed by atoms with Crippen LogP contribution < -0.4 is 10.2 Å². The van der Waals surface area contributed by atoms with Gasteiger partial charge >= 0.3 is 0 Å². The van der Waals surface area contributed by atoms with Crippen molar-refractivity contribution in [3.63, 3.8) is 0 Å². The van der Waals surface area contributed by atoms with Crippen molar-refractivity contribution in [2.24, 2.45) is 5.41 Å². The zero-order chi connectivity index (χ0) is 14.9. The van der Waals surface area contributed by atoms with E-state index in [-0.39, 0.29) is 11.8 Å². The van der Waals surface area contributed by atoms with Crippen LogP contribution in [0, 0.1) is 5.41 Å². The molecule has 0 spiro atoms. The Morgan fingerprint density at radius 3 is 2.55 bits per heavy atom. The van der Waals surface area contributed by atoms with Crippen LogP contribution in [0.1, 0.15) is 39.7 Å². The van der Waals surface area contributed by atoms with Crippen molar-refractivity contribution < 1.29 is 9.59 Å². The second-order valence-corrected chi connectivity index (χ2v) is 6.32. The molecule has 0 bridgehead atoms. The van der Waals surface area contributed by atoms with Crippen LogP contribution in [0.5, 0.6) is 0 Å². The van der Waals surface area contributed by atoms with Crippen LogP contribution >= 0.6 is 0 Å². The second-order valence-electron chi connectivity index (χ2n) is 6.32. The van der Waals surface area contributed by atoms with Crippen molar-refractivity contribution >= 4 is 23.2 Å². The zero-order valence-electron chi connectivity index (χ0n) is 12.6. The van der Waals surface area contributed by atoms with Gasteiger partial charge in [-0.1, -0.05) is 20.8 Å². The predicted molar refractivity (Wildman–Crippen MR) is 80.9 cm³/mol. The summed E-state index contributed by atoms with van der Waals surface area (Å²) in [7, 11) is 0. The summed E-state index contributed by atoms with van der Waals surface area (Å²) in [6, 6.07) is 5.77. The molecule has 0 aromatic heterocycles. The third kappa shape index (κ3) is 3.00. The fourth-order valence-corrected chi connectivity index (χ4v) is 2.32. The highest BCUT2D eigenvalue weighted by Crippen LogP contribution is 2.30. The molecule has 0 saturated heterocycles. The number of amides is 2. The first kappa shape index (κ1) is 14.6. The van der Waals surface area contributed by atoms with Crippen molar-refractivity contribution in [2.45, 2.75) is 40.5 Å². The minimum Gasteiger partial charge on any atom is -0.326 e. The molecule has 1 aromatic carbocycles. The lowest BCUT2D eigenvalue weighted by Gasteiger charge is -2.29. The number of rotatable bonds is 1. The summed E-state index contributed by atoms with van der Waals surface area (Å²) < 4.78 is 0. The van der Waals surface area contributed by atoms with E-state index in [0.29, 0.717) is 0 Å². The molecule has 1 heterocycles. The quantitative estimate of drug-likeness (QED) is 0.856. The van der Waals surface area contributed by atoms with E-state index in [1.165, 1.54) is 0 Å². The minimum absolute atomic E-state index is 0.00307. The predicted octanol–water partition coefficient (Wildman–Crippen LogP) is 2.97. The molecular weight excluding hydrogens is 252 g/mol. The topological polar surface area (TPSA) is 49.4 Å². The van der Waals surface area contributed by atoms with Crippen molar-refractivity contribution in [3.05, 3.63) is 23.8 Å². The van der Waals surface area contributed by atoms with E-state index in [4.69, 9.17) is 0 Å². The summed E-state index contributed by atoms with van der Waals surface area (Å²) in [5.41, 5.74) is 2.48. The molecular formula is C16H22N2O2. The van der Waals surface area contributed by atoms with Crippen molar-refractivity contribution in [1.29, 1.82) is 0 Å². The van der Waals surface area contributed by atoms with E-state index in [1.54, 1.807) is 11.8 Å². The largest absolute Gasteiger partial charge is 0.326 e. The van der Waals surface area contributed by atoms with Crippen molar-refractivity contribution in [3.8, 4) is 0 Å². The van der Waals surface area contributed by atoms with Crippen molar-refractivity contribution in [1.82, 2.24) is 0 Å². The zero-order valence-corrected chi connectivity index (χ0v) is 12.6. The highest BCUT2D eigenvalue weighted by molar-refractivity contribution is 5.96. The maximum Gasteiger partial charge on any atom is 0.229 e. The number of aryl methyl sites for hydroxylation is 1. The fraction of sp³-hybridized carbons (Fsp3) is 0.500. The lowest BCUT2D eigenvalue weighted by molar-refractivity contribution is -0.123. The normalized spacial score (nSPS) is 14.7. The first-order valence-electron chi connectivity index (χ1n) is 7.01. The Morgan fingerprint density at radius 2 is 1.95 bits per heavy atom. The smallest absolute Gasteiger partial charge is 0.229 e. The van der Waals surface area contributed by atoms with Gasteiger partial charge in [0.1, 0.15) is 0 Å². The lowest BCUT2D eigenvalue weighted by Crippen LogP contribution is -2.33. The molecule has 0 aliphatic carbocycles. The Balaban J connectivity index is 2.24. The molecule has 20 heavy (non-hydrogen) atoms. The monoisotopic (exact) mass is 274 g/mol. The number of nitrogens with zero attached hydrogens (tertiary/aromatic N) is 1. The summed E-state index contributed by atoms with van der Waals surface area (Å²) in [5.74, 6) is 0.0640. The van der Waals surface area contributed by atoms with Gasteiger partial charge < -0.3 is 10.2 Å². The molecule has 4 nitrogen and oxygen atoms in total. The molecule has 2 amide bonds. The number of nitrogens with one attached hydrogen (secondary N) is 1. The van der Waals surface area contributed by atoms with E-state index in [9.17, 15) is 9.59 Å². The van der Waals surface area contributed by atoms with Gasteiger partial charge in [0.25, 0.3) is 0 Å². The van der Waals surface area contributed by atoms with Crippen LogP contribution in [-0.2, 0) is 16.0 Å². The average Bonchev–Trinajstić information content (AvgIpc) is 2.36. The van der Waals surface area contributed by atoms with Gasteiger partial charge in [-0.25, -0.2) is 0 Å². The lowest BCUT2D eigenvalue weighted by atomic mass is 9.95. The molecule has 2 rings (SSSR count).